The van der Waals surface area contributed by atoms with Gasteiger partial charge >= 0.3 is 5.97 Å². The molecule has 0 saturated heterocycles. The third-order valence-electron chi connectivity index (χ3n) is 2.71. The summed E-state index contributed by atoms with van der Waals surface area (Å²) in [6.07, 6.45) is 1.20. The lowest BCUT2D eigenvalue weighted by molar-refractivity contribution is -0.139. The molecular formula is C7H10O3. The first-order chi connectivity index (χ1) is 4.70. The molecule has 3 nitrogen and oxygen atoms in total. The van der Waals surface area contributed by atoms with Gasteiger partial charge in [0, 0.05) is 0 Å². The second kappa shape index (κ2) is 1.72. The van der Waals surface area contributed by atoms with Gasteiger partial charge in [-0.15, -0.1) is 0 Å². The molecule has 2 rings (SSSR count). The molecule has 2 aliphatic carbocycles. The Kier molecular flexibility index (Phi) is 1.06. The van der Waals surface area contributed by atoms with Crippen molar-refractivity contribution in [2.75, 3.05) is 0 Å². The summed E-state index contributed by atoms with van der Waals surface area (Å²) in [5.41, 5.74) is 0. The van der Waals surface area contributed by atoms with Crippen LogP contribution in [0.25, 0.3) is 0 Å². The van der Waals surface area contributed by atoms with Crippen molar-refractivity contribution in [2.24, 2.45) is 17.8 Å². The van der Waals surface area contributed by atoms with Crippen molar-refractivity contribution in [2.45, 2.75) is 18.9 Å². The van der Waals surface area contributed by atoms with Crippen LogP contribution in [0, 0.1) is 17.8 Å². The second-order valence-electron chi connectivity index (χ2n) is 3.32. The van der Waals surface area contributed by atoms with Gasteiger partial charge in [0.15, 0.2) is 0 Å². The number of aliphatic hydroxyl groups is 1. The molecule has 3 heteroatoms. The Morgan fingerprint density at radius 2 is 1.80 bits per heavy atom. The van der Waals surface area contributed by atoms with Crippen LogP contribution in [0.3, 0.4) is 0 Å². The Labute approximate surface area is 58.7 Å². The van der Waals surface area contributed by atoms with E-state index in [1.54, 1.807) is 0 Å². The van der Waals surface area contributed by atoms with Crippen LogP contribution in [0.4, 0.5) is 0 Å². The maximum Gasteiger partial charge on any atom is 0.307 e. The molecule has 0 aromatic rings. The van der Waals surface area contributed by atoms with Crippen LogP contribution in [0.2, 0.25) is 0 Å². The lowest BCUT2D eigenvalue weighted by Gasteiger charge is -2.03. The highest BCUT2D eigenvalue weighted by Crippen LogP contribution is 2.57. The van der Waals surface area contributed by atoms with E-state index >= 15 is 0 Å². The minimum Gasteiger partial charge on any atom is -0.481 e. The molecule has 0 heterocycles. The predicted octanol–water partition coefficient (Wildman–Crippen LogP) is 0.0879. The monoisotopic (exact) mass is 142 g/mol. The average molecular weight is 142 g/mol. The van der Waals surface area contributed by atoms with Gasteiger partial charge in [0.2, 0.25) is 0 Å². The SMILES string of the molecule is O=C(O)C1C2CC(O)CC21. The summed E-state index contributed by atoms with van der Waals surface area (Å²) in [5, 5.41) is 17.6. The summed E-state index contributed by atoms with van der Waals surface area (Å²) in [6.45, 7) is 0. The first-order valence-electron chi connectivity index (χ1n) is 3.61. The van der Waals surface area contributed by atoms with Crippen LogP contribution in [0.15, 0.2) is 0 Å². The molecule has 0 aliphatic heterocycles. The molecule has 2 fully saturated rings. The number of carboxylic acids is 1. The molecule has 0 aromatic heterocycles. The van der Waals surface area contributed by atoms with Gasteiger partial charge in [-0.2, -0.15) is 0 Å². The number of carbonyl (C=O) groups is 1. The van der Waals surface area contributed by atoms with E-state index in [2.05, 4.69) is 0 Å². The van der Waals surface area contributed by atoms with E-state index in [0.717, 1.165) is 0 Å². The van der Waals surface area contributed by atoms with Crippen LogP contribution < -0.4 is 0 Å². The van der Waals surface area contributed by atoms with Crippen molar-refractivity contribution in [1.29, 1.82) is 0 Å². The van der Waals surface area contributed by atoms with Crippen molar-refractivity contribution in [3.63, 3.8) is 0 Å². The first-order valence-corrected chi connectivity index (χ1v) is 3.61. The van der Waals surface area contributed by atoms with E-state index in [9.17, 15) is 4.79 Å². The van der Waals surface area contributed by atoms with Crippen LogP contribution in [0.5, 0.6) is 0 Å². The quantitative estimate of drug-likeness (QED) is 0.545. The Bertz CT molecular complexity index is 166. The predicted molar refractivity (Wildman–Crippen MR) is 33.3 cm³/mol. The van der Waals surface area contributed by atoms with Gasteiger partial charge in [0.05, 0.1) is 12.0 Å². The first kappa shape index (κ1) is 6.16. The highest BCUT2D eigenvalue weighted by molar-refractivity contribution is 5.74. The van der Waals surface area contributed by atoms with Crippen molar-refractivity contribution in [3.05, 3.63) is 0 Å². The number of hydrogen-bond donors (Lipinski definition) is 2. The molecule has 10 heavy (non-hydrogen) atoms. The van der Waals surface area contributed by atoms with E-state index in [4.69, 9.17) is 10.2 Å². The minimum absolute atomic E-state index is 0.122. The third-order valence-corrected chi connectivity index (χ3v) is 2.71. The fraction of sp³-hybridized carbons (Fsp3) is 0.857. The maximum absolute atomic E-state index is 10.4. The highest BCUT2D eigenvalue weighted by atomic mass is 16.4. The highest BCUT2D eigenvalue weighted by Gasteiger charge is 2.59. The number of aliphatic carboxylic acids is 1. The normalized spacial score (nSPS) is 50.5. The molecule has 2 atom stereocenters. The van der Waals surface area contributed by atoms with Crippen LogP contribution in [-0.2, 0) is 4.79 Å². The van der Waals surface area contributed by atoms with Crippen LogP contribution >= 0.6 is 0 Å². The van der Waals surface area contributed by atoms with E-state index in [-0.39, 0.29) is 12.0 Å². The number of carboxylic acid groups (broad SMARTS) is 1. The minimum atomic E-state index is -0.679. The van der Waals surface area contributed by atoms with Gasteiger partial charge in [0.1, 0.15) is 0 Å². The number of rotatable bonds is 1. The molecule has 2 saturated carbocycles. The molecule has 0 spiro atoms. The van der Waals surface area contributed by atoms with E-state index in [0.29, 0.717) is 24.7 Å². The third kappa shape index (κ3) is 0.669. The van der Waals surface area contributed by atoms with Crippen molar-refractivity contribution in [3.8, 4) is 0 Å². The molecule has 2 aliphatic rings. The molecular weight excluding hydrogens is 132 g/mol. The fourth-order valence-electron chi connectivity index (χ4n) is 2.18. The lowest BCUT2D eigenvalue weighted by Crippen LogP contribution is -2.10. The smallest absolute Gasteiger partial charge is 0.307 e. The summed E-state index contributed by atoms with van der Waals surface area (Å²) in [6, 6.07) is 0. The van der Waals surface area contributed by atoms with Gasteiger partial charge in [-0.25, -0.2) is 0 Å². The Morgan fingerprint density at radius 1 is 1.30 bits per heavy atom. The van der Waals surface area contributed by atoms with Gasteiger partial charge in [-0.1, -0.05) is 0 Å². The summed E-state index contributed by atoms with van der Waals surface area (Å²) in [4.78, 5) is 10.4. The Morgan fingerprint density at radius 3 is 2.20 bits per heavy atom. The number of hydrogen-bond acceptors (Lipinski definition) is 2. The topological polar surface area (TPSA) is 57.5 Å². The molecule has 56 valence electrons. The summed E-state index contributed by atoms with van der Waals surface area (Å²) in [5.74, 6) is -0.203. The van der Waals surface area contributed by atoms with Crippen molar-refractivity contribution in [1.82, 2.24) is 0 Å². The zero-order chi connectivity index (χ0) is 7.30. The Balaban J connectivity index is 1.98. The van der Waals surface area contributed by atoms with Gasteiger partial charge in [-0.05, 0) is 24.7 Å². The van der Waals surface area contributed by atoms with E-state index in [1.165, 1.54) is 0 Å². The molecule has 2 N–H and O–H groups in total. The molecule has 0 radical (unpaired) electrons. The summed E-state index contributed by atoms with van der Waals surface area (Å²) < 4.78 is 0. The largest absolute Gasteiger partial charge is 0.481 e. The molecule has 0 amide bonds. The fourth-order valence-corrected chi connectivity index (χ4v) is 2.18. The average Bonchev–Trinajstić information content (AvgIpc) is 2.32. The molecule has 0 bridgehead atoms. The molecule has 2 unspecified atom stereocenters. The Hall–Kier alpha value is -0.570. The van der Waals surface area contributed by atoms with Crippen molar-refractivity contribution >= 4 is 5.97 Å². The zero-order valence-corrected chi connectivity index (χ0v) is 5.53. The second-order valence-corrected chi connectivity index (χ2v) is 3.32. The zero-order valence-electron chi connectivity index (χ0n) is 5.53. The van der Waals surface area contributed by atoms with E-state index < -0.39 is 5.97 Å². The number of aliphatic hydroxyl groups excluding tert-OH is 1. The van der Waals surface area contributed by atoms with Crippen LogP contribution in [0.1, 0.15) is 12.8 Å². The van der Waals surface area contributed by atoms with Crippen molar-refractivity contribution < 1.29 is 15.0 Å². The van der Waals surface area contributed by atoms with Gasteiger partial charge in [-0.3, -0.25) is 4.79 Å². The summed E-state index contributed by atoms with van der Waals surface area (Å²) in [7, 11) is 0. The van der Waals surface area contributed by atoms with Gasteiger partial charge < -0.3 is 10.2 Å². The maximum atomic E-state index is 10.4. The van der Waals surface area contributed by atoms with Gasteiger partial charge in [0.25, 0.3) is 0 Å². The standard InChI is InChI=1S/C7H10O3/c8-3-1-4-5(2-3)6(4)7(9)10/h3-6,8H,1-2H2,(H,9,10). The van der Waals surface area contributed by atoms with E-state index in [1.807, 2.05) is 0 Å². The molecule has 0 aromatic carbocycles. The number of fused-ring (bicyclic) bond motifs is 1. The summed E-state index contributed by atoms with van der Waals surface area (Å²) >= 11 is 0. The lowest BCUT2D eigenvalue weighted by atomic mass is 10.1. The van der Waals surface area contributed by atoms with Crippen LogP contribution in [-0.4, -0.2) is 22.3 Å².